The molecule has 0 saturated heterocycles. The Labute approximate surface area is 208 Å². The summed E-state index contributed by atoms with van der Waals surface area (Å²) in [6.45, 7) is 8.68. The SMILES string of the molecule is C=C(C)C(=O)OC1(C)CC2CC1C1CCCC21.CC(=O)C(=O)Cl.O=C1CC2CC1C1CCCC21. The standard InChI is InChI=1S/C15H22O2.C10H14O.C3H3ClO2/c1-9(2)14(16)17-15(3)8-10-7-13(15)12-6-4-5-11(10)12;11-10-5-6-4-9(10)8-3-1-2-7(6)8;1-2(5)3(4)6/h10-13H,1,4-8H2,2-3H3;6-9H,1-5H2;1H3. The van der Waals surface area contributed by atoms with Gasteiger partial charge in [-0.15, -0.1) is 0 Å². The molecule has 6 rings (SSSR count). The topological polar surface area (TPSA) is 77.5 Å². The molecule has 6 fully saturated rings. The van der Waals surface area contributed by atoms with Crippen LogP contribution in [0.1, 0.15) is 85.0 Å². The van der Waals surface area contributed by atoms with E-state index < -0.39 is 11.0 Å². The monoisotopic (exact) mass is 490 g/mol. The highest BCUT2D eigenvalue weighted by atomic mass is 35.5. The summed E-state index contributed by atoms with van der Waals surface area (Å²) in [4.78, 5) is 42.4. The molecule has 34 heavy (non-hydrogen) atoms. The van der Waals surface area contributed by atoms with E-state index in [4.69, 9.17) is 4.74 Å². The average molecular weight is 491 g/mol. The Bertz CT molecular complexity index is 868. The highest BCUT2D eigenvalue weighted by molar-refractivity contribution is 6.80. The molecular weight excluding hydrogens is 452 g/mol. The predicted octanol–water partition coefficient (Wildman–Crippen LogP) is 5.67. The number of hydrogen-bond donors (Lipinski definition) is 0. The van der Waals surface area contributed by atoms with Crippen molar-refractivity contribution in [1.29, 1.82) is 0 Å². The third-order valence-electron chi connectivity index (χ3n) is 9.89. The second-order valence-electron chi connectivity index (χ2n) is 11.9. The molecule has 0 radical (unpaired) electrons. The van der Waals surface area contributed by atoms with Crippen molar-refractivity contribution in [2.75, 3.05) is 0 Å². The fourth-order valence-corrected chi connectivity index (χ4v) is 8.60. The summed E-state index contributed by atoms with van der Waals surface area (Å²) in [6, 6.07) is 0. The maximum atomic E-state index is 11.8. The lowest BCUT2D eigenvalue weighted by molar-refractivity contribution is -0.161. The van der Waals surface area contributed by atoms with Crippen LogP contribution < -0.4 is 0 Å². The van der Waals surface area contributed by atoms with Crippen LogP contribution in [0.4, 0.5) is 0 Å². The minimum absolute atomic E-state index is 0.199. The Morgan fingerprint density at radius 1 is 0.941 bits per heavy atom. The van der Waals surface area contributed by atoms with Crippen LogP contribution in [0.3, 0.4) is 0 Å². The number of carbonyl (C=O) groups excluding carboxylic acids is 4. The Morgan fingerprint density at radius 3 is 2.09 bits per heavy atom. The number of ether oxygens (including phenoxy) is 1. The molecule has 188 valence electrons. The first kappa shape index (κ1) is 25.6. The maximum Gasteiger partial charge on any atom is 0.333 e. The van der Waals surface area contributed by atoms with E-state index in [0.717, 1.165) is 55.3 Å². The molecule has 9 unspecified atom stereocenters. The zero-order valence-corrected chi connectivity index (χ0v) is 21.6. The van der Waals surface area contributed by atoms with Gasteiger partial charge < -0.3 is 4.74 Å². The van der Waals surface area contributed by atoms with Crippen LogP contribution >= 0.6 is 11.6 Å². The van der Waals surface area contributed by atoms with E-state index in [2.05, 4.69) is 25.1 Å². The van der Waals surface area contributed by atoms with Crippen molar-refractivity contribution in [3.05, 3.63) is 12.2 Å². The number of carbonyl (C=O) groups is 4. The molecule has 6 aliphatic carbocycles. The summed E-state index contributed by atoms with van der Waals surface area (Å²) in [7, 11) is 0. The number of hydrogen-bond acceptors (Lipinski definition) is 5. The first-order valence-electron chi connectivity index (χ1n) is 13.1. The molecule has 4 bridgehead atoms. The van der Waals surface area contributed by atoms with Gasteiger partial charge in [0.15, 0.2) is 0 Å². The van der Waals surface area contributed by atoms with E-state index in [-0.39, 0.29) is 11.6 Å². The van der Waals surface area contributed by atoms with Crippen molar-refractivity contribution in [2.24, 2.45) is 47.3 Å². The molecule has 0 aromatic heterocycles. The summed E-state index contributed by atoms with van der Waals surface area (Å²) >= 11 is 4.62. The first-order valence-corrected chi connectivity index (χ1v) is 13.5. The van der Waals surface area contributed by atoms with E-state index in [1.54, 1.807) is 6.92 Å². The molecule has 0 N–H and O–H groups in total. The summed E-state index contributed by atoms with van der Waals surface area (Å²) in [5.74, 6) is 6.13. The largest absolute Gasteiger partial charge is 0.456 e. The lowest BCUT2D eigenvalue weighted by Crippen LogP contribution is -2.42. The van der Waals surface area contributed by atoms with Crippen molar-refractivity contribution >= 4 is 34.4 Å². The van der Waals surface area contributed by atoms with Gasteiger partial charge in [-0.05, 0) is 106 Å². The van der Waals surface area contributed by atoms with Crippen LogP contribution in [0.5, 0.6) is 0 Å². The molecule has 9 atom stereocenters. The summed E-state index contributed by atoms with van der Waals surface area (Å²) in [5.41, 5.74) is 0.323. The smallest absolute Gasteiger partial charge is 0.333 e. The average Bonchev–Trinajstić information content (AvgIpc) is 3.55. The molecule has 0 amide bonds. The van der Waals surface area contributed by atoms with Gasteiger partial charge in [-0.3, -0.25) is 14.4 Å². The molecule has 0 aromatic carbocycles. The third kappa shape index (κ3) is 4.79. The number of ketones is 2. The minimum atomic E-state index is -0.907. The van der Waals surface area contributed by atoms with Crippen molar-refractivity contribution in [3.8, 4) is 0 Å². The van der Waals surface area contributed by atoms with E-state index in [1.165, 1.54) is 51.4 Å². The van der Waals surface area contributed by atoms with E-state index in [0.29, 0.717) is 23.2 Å². The molecular formula is C28H39ClO5. The van der Waals surface area contributed by atoms with Crippen LogP contribution in [0, 0.1) is 47.3 Å². The van der Waals surface area contributed by atoms with Crippen molar-refractivity contribution < 1.29 is 23.9 Å². The molecule has 5 nitrogen and oxygen atoms in total. The number of fused-ring (bicyclic) bond motifs is 10. The molecule has 6 heteroatoms. The van der Waals surface area contributed by atoms with Crippen molar-refractivity contribution in [1.82, 2.24) is 0 Å². The molecule has 6 aliphatic rings. The van der Waals surface area contributed by atoms with Gasteiger partial charge in [0.05, 0.1) is 0 Å². The predicted molar refractivity (Wildman–Crippen MR) is 130 cm³/mol. The number of esters is 1. The second-order valence-corrected chi connectivity index (χ2v) is 12.3. The summed E-state index contributed by atoms with van der Waals surface area (Å²) in [6.07, 6.45) is 12.9. The lowest BCUT2D eigenvalue weighted by atomic mass is 9.73. The van der Waals surface area contributed by atoms with Gasteiger partial charge in [0.1, 0.15) is 11.4 Å². The van der Waals surface area contributed by atoms with Gasteiger partial charge in [0, 0.05) is 30.8 Å². The van der Waals surface area contributed by atoms with Gasteiger partial charge in [-0.2, -0.15) is 0 Å². The fraction of sp³-hybridized carbons (Fsp3) is 0.786. The first-order chi connectivity index (χ1) is 16.0. The number of halogens is 1. The summed E-state index contributed by atoms with van der Waals surface area (Å²) < 4.78 is 5.76. The third-order valence-corrected chi connectivity index (χ3v) is 10.2. The van der Waals surface area contributed by atoms with Gasteiger partial charge in [-0.25, -0.2) is 4.79 Å². The maximum absolute atomic E-state index is 11.8. The Kier molecular flexibility index (Phi) is 7.43. The van der Waals surface area contributed by atoms with Gasteiger partial charge in [0.25, 0.3) is 5.24 Å². The van der Waals surface area contributed by atoms with Crippen LogP contribution in [0.2, 0.25) is 0 Å². The number of rotatable bonds is 3. The normalized spacial score (nSPS) is 42.2. The van der Waals surface area contributed by atoms with Crippen molar-refractivity contribution in [2.45, 2.75) is 90.6 Å². The Morgan fingerprint density at radius 2 is 1.50 bits per heavy atom. The highest BCUT2D eigenvalue weighted by Crippen LogP contribution is 2.63. The van der Waals surface area contributed by atoms with Gasteiger partial charge >= 0.3 is 5.97 Å². The molecule has 0 aliphatic heterocycles. The van der Waals surface area contributed by atoms with E-state index in [9.17, 15) is 19.2 Å². The number of Topliss-reactive ketones (excluding diaryl/α,β-unsaturated/α-hetero) is 2. The summed E-state index contributed by atoms with van der Waals surface area (Å²) in [5, 5.41) is -0.907. The Hall–Kier alpha value is -1.49. The minimum Gasteiger partial charge on any atom is -0.456 e. The van der Waals surface area contributed by atoms with E-state index in [1.807, 2.05) is 0 Å². The van der Waals surface area contributed by atoms with Gasteiger partial charge in [-0.1, -0.05) is 19.4 Å². The fourth-order valence-electron chi connectivity index (χ4n) is 8.60. The lowest BCUT2D eigenvalue weighted by Gasteiger charge is -2.39. The Balaban J connectivity index is 0.000000138. The quantitative estimate of drug-likeness (QED) is 0.220. The molecule has 0 heterocycles. The van der Waals surface area contributed by atoms with E-state index >= 15 is 0 Å². The van der Waals surface area contributed by atoms with Crippen LogP contribution in [0.25, 0.3) is 0 Å². The van der Waals surface area contributed by atoms with Crippen molar-refractivity contribution in [3.63, 3.8) is 0 Å². The highest BCUT2D eigenvalue weighted by Gasteiger charge is 2.60. The zero-order valence-electron chi connectivity index (χ0n) is 20.8. The zero-order chi connectivity index (χ0) is 24.8. The van der Waals surface area contributed by atoms with Gasteiger partial charge in [0.2, 0.25) is 5.78 Å². The second kappa shape index (κ2) is 9.87. The van der Waals surface area contributed by atoms with Crippen LogP contribution in [0.15, 0.2) is 12.2 Å². The molecule has 6 saturated carbocycles. The van der Waals surface area contributed by atoms with Crippen LogP contribution in [-0.2, 0) is 23.9 Å². The van der Waals surface area contributed by atoms with Crippen LogP contribution in [-0.4, -0.2) is 28.4 Å². The molecule has 0 aromatic rings. The molecule has 0 spiro atoms.